The summed E-state index contributed by atoms with van der Waals surface area (Å²) in [4.78, 5) is 8.00. The van der Waals surface area contributed by atoms with Gasteiger partial charge in [0.15, 0.2) is 0 Å². The van der Waals surface area contributed by atoms with Gasteiger partial charge in [-0.15, -0.1) is 5.34 Å². The summed E-state index contributed by atoms with van der Waals surface area (Å²) in [7, 11) is -12.0. The van der Waals surface area contributed by atoms with Crippen molar-refractivity contribution in [2.24, 2.45) is 5.34 Å². The predicted octanol–water partition coefficient (Wildman–Crippen LogP) is 4.97. The van der Waals surface area contributed by atoms with Crippen molar-refractivity contribution in [3.63, 3.8) is 0 Å². The molecule has 0 unspecified atom stereocenters. The summed E-state index contributed by atoms with van der Waals surface area (Å²) in [5, 5.41) is 38.3. The van der Waals surface area contributed by atoms with Crippen LogP contribution in [0.2, 0.25) is 0 Å². The van der Waals surface area contributed by atoms with E-state index in [-0.39, 0.29) is 19.5 Å². The van der Waals surface area contributed by atoms with Crippen LogP contribution in [0, 0.1) is 55.4 Å². The molecule has 0 atom stereocenters. The summed E-state index contributed by atoms with van der Waals surface area (Å²) in [5.41, 5.74) is 0. The fourth-order valence-corrected chi connectivity index (χ4v) is 0. The Hall–Kier alpha value is -2.45. The zero-order valence-electron chi connectivity index (χ0n) is 13.6. The minimum atomic E-state index is -6.00. The Morgan fingerprint density at radius 1 is 0.654 bits per heavy atom. The van der Waals surface area contributed by atoms with Crippen molar-refractivity contribution in [2.45, 2.75) is 27.7 Å². The Balaban J connectivity index is -0.0000000245. The average molecular weight is 487 g/mol. The molecule has 0 fully saturated rings. The normalized spacial score (nSPS) is 6.31. The van der Waals surface area contributed by atoms with Gasteiger partial charge < -0.3 is 44.6 Å². The van der Waals surface area contributed by atoms with Crippen LogP contribution in [-0.2, 0) is 19.5 Å². The molecule has 0 N–H and O–H groups in total. The van der Waals surface area contributed by atoms with E-state index in [0.29, 0.717) is 0 Å². The first-order valence-corrected chi connectivity index (χ1v) is 5.01. The third kappa shape index (κ3) is 1520. The van der Waals surface area contributed by atoms with Gasteiger partial charge in [-0.1, -0.05) is 0 Å². The molecule has 0 aliphatic carbocycles. The molecule has 1 radical (unpaired) electrons. The van der Waals surface area contributed by atoms with Gasteiger partial charge in [-0.05, 0) is 0 Å². The molecule has 153 valence electrons. The second kappa shape index (κ2) is 49.5. The van der Waals surface area contributed by atoms with Gasteiger partial charge in [0, 0.05) is 27.7 Å². The topological polar surface area (TPSA) is 148 Å². The van der Waals surface area contributed by atoms with E-state index in [2.05, 4.69) is 0 Å². The predicted molar refractivity (Wildman–Crippen MR) is 74.7 cm³/mol. The molecule has 0 amide bonds. The van der Waals surface area contributed by atoms with Gasteiger partial charge in [0.2, 0.25) is 0 Å². The SMILES string of the molecule is CC#N.CC#N.CC#N.CC#N.F[B-](F)(F)F.F[B-](F)(F)F.O=N[O-].[Rh+2]. The molecule has 0 spiro atoms. The van der Waals surface area contributed by atoms with Crippen molar-refractivity contribution in [1.82, 2.24) is 0 Å². The molecule has 0 aromatic rings. The van der Waals surface area contributed by atoms with Crippen LogP contribution >= 0.6 is 0 Å². The summed E-state index contributed by atoms with van der Waals surface area (Å²) in [6.45, 7) is 5.72. The zero-order chi connectivity index (χ0) is 22.5. The maximum absolute atomic E-state index is 9.75. The monoisotopic (exact) mass is 487 g/mol. The van der Waals surface area contributed by atoms with Crippen molar-refractivity contribution >= 4 is 14.5 Å². The molecule has 0 heterocycles. The van der Waals surface area contributed by atoms with E-state index in [1.807, 2.05) is 0 Å². The number of halogens is 8. The molecule has 0 aromatic heterocycles. The quantitative estimate of drug-likeness (QED) is 0.204. The van der Waals surface area contributed by atoms with Crippen LogP contribution in [0.4, 0.5) is 34.5 Å². The molecule has 0 rings (SSSR count). The molecular weight excluding hydrogens is 475 g/mol. The van der Waals surface area contributed by atoms with Gasteiger partial charge >= 0.3 is 34.0 Å². The van der Waals surface area contributed by atoms with E-state index in [1.165, 1.54) is 27.7 Å². The van der Waals surface area contributed by atoms with E-state index in [0.717, 1.165) is 5.34 Å². The van der Waals surface area contributed by atoms with Gasteiger partial charge in [0.1, 0.15) is 0 Å². The van der Waals surface area contributed by atoms with Crippen LogP contribution in [0.5, 0.6) is 0 Å². The van der Waals surface area contributed by atoms with Gasteiger partial charge in [0.05, 0.1) is 24.3 Å². The third-order valence-electron chi connectivity index (χ3n) is 0. The van der Waals surface area contributed by atoms with Crippen LogP contribution in [-0.4, -0.2) is 14.5 Å². The second-order valence-electron chi connectivity index (χ2n) is 1.96. The standard InChI is InChI=1S/4C2H3N.2BF4.HNO2.Rh/c4*1-2-3;2*2-1(3,4)5;2-1-3;/h4*1H3;;;(H,2,3);/q;;;;2*-1;;+2/p-1. The van der Waals surface area contributed by atoms with Gasteiger partial charge in [0.25, 0.3) is 0 Å². The molecular formula is C8H12B2F8N5O2Rh-. The number of rotatable bonds is 0. The summed E-state index contributed by atoms with van der Waals surface area (Å²) in [5.74, 6) is 0. The van der Waals surface area contributed by atoms with Crippen molar-refractivity contribution < 1.29 is 54.0 Å². The van der Waals surface area contributed by atoms with E-state index in [9.17, 15) is 34.5 Å². The molecule has 26 heavy (non-hydrogen) atoms. The van der Waals surface area contributed by atoms with Crippen molar-refractivity contribution in [3.05, 3.63) is 10.1 Å². The Kier molecular flexibility index (Phi) is 94.2. The molecule has 0 saturated heterocycles. The first-order chi connectivity index (χ1) is 11.1. The van der Waals surface area contributed by atoms with E-state index in [1.54, 1.807) is 24.3 Å². The first kappa shape index (κ1) is 49.5. The van der Waals surface area contributed by atoms with E-state index >= 15 is 0 Å². The van der Waals surface area contributed by atoms with Crippen molar-refractivity contribution in [3.8, 4) is 24.3 Å². The maximum Gasteiger partial charge on any atom is 2.00 e. The molecule has 0 aliphatic rings. The van der Waals surface area contributed by atoms with Crippen molar-refractivity contribution in [2.75, 3.05) is 0 Å². The van der Waals surface area contributed by atoms with E-state index in [4.69, 9.17) is 31.2 Å². The minimum absolute atomic E-state index is 0. The Morgan fingerprint density at radius 3 is 0.654 bits per heavy atom. The maximum atomic E-state index is 9.75. The summed E-state index contributed by atoms with van der Waals surface area (Å²) < 4.78 is 78.0. The van der Waals surface area contributed by atoms with Crippen LogP contribution < -0.4 is 0 Å². The number of hydrogen-bond donors (Lipinski definition) is 0. The molecule has 0 aliphatic heterocycles. The Labute approximate surface area is 157 Å². The van der Waals surface area contributed by atoms with Gasteiger partial charge in [-0.25, -0.2) is 0 Å². The van der Waals surface area contributed by atoms with E-state index < -0.39 is 14.5 Å². The summed E-state index contributed by atoms with van der Waals surface area (Å²) in [6, 6.07) is 7.00. The van der Waals surface area contributed by atoms with Crippen LogP contribution in [0.3, 0.4) is 0 Å². The Bertz CT molecular complexity index is 340. The Morgan fingerprint density at radius 2 is 0.654 bits per heavy atom. The minimum Gasteiger partial charge on any atom is -0.444 e. The molecule has 7 nitrogen and oxygen atoms in total. The zero-order valence-corrected chi connectivity index (χ0v) is 15.2. The number of nitriles is 4. The summed E-state index contributed by atoms with van der Waals surface area (Å²) >= 11 is 0. The van der Waals surface area contributed by atoms with Gasteiger partial charge in [-0.3, -0.25) is 0 Å². The van der Waals surface area contributed by atoms with Crippen LogP contribution in [0.25, 0.3) is 0 Å². The molecule has 18 heteroatoms. The average Bonchev–Trinajstić information content (AvgIpc) is 2.28. The van der Waals surface area contributed by atoms with Gasteiger partial charge in [-0.2, -0.15) is 21.0 Å². The fourth-order valence-electron chi connectivity index (χ4n) is 0. The van der Waals surface area contributed by atoms with Crippen molar-refractivity contribution in [1.29, 1.82) is 21.0 Å². The molecule has 0 saturated carbocycles. The summed E-state index contributed by atoms with van der Waals surface area (Å²) in [6.07, 6.45) is 0. The van der Waals surface area contributed by atoms with Crippen LogP contribution in [0.15, 0.2) is 5.34 Å². The molecule has 0 bridgehead atoms. The fraction of sp³-hybridized carbons (Fsp3) is 0.500. The largest absolute Gasteiger partial charge is 2.00 e. The second-order valence-corrected chi connectivity index (χ2v) is 1.96. The third-order valence-corrected chi connectivity index (χ3v) is 0. The smallest absolute Gasteiger partial charge is 0.444 e. The molecule has 0 aromatic carbocycles. The number of hydrogen-bond acceptors (Lipinski definition) is 7. The number of nitrogens with zero attached hydrogens (tertiary/aromatic N) is 5. The first-order valence-electron chi connectivity index (χ1n) is 5.01. The van der Waals surface area contributed by atoms with Crippen LogP contribution in [0.1, 0.15) is 27.7 Å².